The molecular formula is C26H29N5O5S2. The molecule has 0 saturated carbocycles. The highest BCUT2D eigenvalue weighted by molar-refractivity contribution is 7.92. The Morgan fingerprint density at radius 1 is 1.00 bits per heavy atom. The summed E-state index contributed by atoms with van der Waals surface area (Å²) in [6.45, 7) is 5.65. The molecule has 0 unspecified atom stereocenters. The van der Waals surface area contributed by atoms with Crippen molar-refractivity contribution in [2.24, 2.45) is 0 Å². The minimum absolute atomic E-state index is 0.0435. The second-order valence-electron chi connectivity index (χ2n) is 8.75. The highest BCUT2D eigenvalue weighted by atomic mass is 32.2. The van der Waals surface area contributed by atoms with Crippen LogP contribution < -0.4 is 20.5 Å². The number of nitrogens with one attached hydrogen (secondary N) is 3. The topological polar surface area (TPSA) is 128 Å². The van der Waals surface area contributed by atoms with Crippen molar-refractivity contribution in [2.45, 2.75) is 31.7 Å². The van der Waals surface area contributed by atoms with Gasteiger partial charge in [-0.1, -0.05) is 25.1 Å². The van der Waals surface area contributed by atoms with Gasteiger partial charge in [-0.05, 0) is 54.9 Å². The predicted molar refractivity (Wildman–Crippen MR) is 147 cm³/mol. The summed E-state index contributed by atoms with van der Waals surface area (Å²) in [4.78, 5) is 40.7. The molecule has 3 amide bonds. The highest BCUT2D eigenvalue weighted by Gasteiger charge is 2.29. The third-order valence-corrected chi connectivity index (χ3v) is 9.22. The number of sulfonamides is 1. The van der Waals surface area contributed by atoms with Gasteiger partial charge < -0.3 is 5.32 Å². The molecule has 3 N–H and O–H groups in total. The lowest BCUT2D eigenvalue weighted by Crippen LogP contribution is -2.41. The van der Waals surface area contributed by atoms with E-state index >= 15 is 0 Å². The first kappa shape index (κ1) is 27.3. The van der Waals surface area contributed by atoms with Crippen LogP contribution in [0.3, 0.4) is 0 Å². The number of carbonyl (C=O) groups is 3. The first-order valence-corrected chi connectivity index (χ1v) is 14.3. The van der Waals surface area contributed by atoms with Crippen LogP contribution in [0.4, 0.5) is 10.7 Å². The summed E-state index contributed by atoms with van der Waals surface area (Å²) in [6, 6.07) is 14.3. The maximum atomic E-state index is 13.1. The standard InChI is InChI=1S/C26H29N5O5S2/c1-4-31-15-14-21-22(16-31)37-26(23(21)25(34)29-28-17(2)32)27-24(33)18-10-12-20(13-11-18)38(35,36)30(3)19-8-6-5-7-9-19/h5-13H,4,14-16H2,1-3H3,(H,27,33)(H,28,32)(H,29,34). The van der Waals surface area contributed by atoms with Crippen molar-refractivity contribution in [3.63, 3.8) is 0 Å². The van der Waals surface area contributed by atoms with Gasteiger partial charge in [-0.2, -0.15) is 0 Å². The summed E-state index contributed by atoms with van der Waals surface area (Å²) in [5, 5.41) is 3.20. The molecule has 2 heterocycles. The van der Waals surface area contributed by atoms with E-state index in [0.29, 0.717) is 29.2 Å². The maximum Gasteiger partial charge on any atom is 0.272 e. The molecule has 0 fully saturated rings. The van der Waals surface area contributed by atoms with Crippen LogP contribution in [-0.2, 0) is 27.8 Å². The molecule has 12 heteroatoms. The molecule has 38 heavy (non-hydrogen) atoms. The second kappa shape index (κ2) is 11.3. The third kappa shape index (κ3) is 5.72. The van der Waals surface area contributed by atoms with Crippen molar-refractivity contribution in [1.82, 2.24) is 15.8 Å². The monoisotopic (exact) mass is 555 g/mol. The maximum absolute atomic E-state index is 13.1. The molecule has 1 aliphatic rings. The number of fused-ring (bicyclic) bond motifs is 1. The first-order valence-electron chi connectivity index (χ1n) is 12.0. The Kier molecular flexibility index (Phi) is 8.14. The lowest BCUT2D eigenvalue weighted by atomic mass is 10.0. The summed E-state index contributed by atoms with van der Waals surface area (Å²) in [5.74, 6) is -1.41. The van der Waals surface area contributed by atoms with Crippen molar-refractivity contribution < 1.29 is 22.8 Å². The molecule has 200 valence electrons. The fourth-order valence-corrected chi connectivity index (χ4v) is 6.63. The average Bonchev–Trinajstić information content (AvgIpc) is 3.28. The first-order chi connectivity index (χ1) is 18.1. The average molecular weight is 556 g/mol. The molecule has 3 aromatic rings. The normalized spacial score (nSPS) is 13.3. The minimum Gasteiger partial charge on any atom is -0.313 e. The summed E-state index contributed by atoms with van der Waals surface area (Å²) in [7, 11) is -2.35. The fraction of sp³-hybridized carbons (Fsp3) is 0.269. The number of likely N-dealkylation sites (N-methyl/N-ethyl adjacent to an activating group) is 1. The van der Waals surface area contributed by atoms with Crippen LogP contribution in [0.1, 0.15) is 45.0 Å². The molecule has 4 rings (SSSR count). The fourth-order valence-electron chi connectivity index (χ4n) is 4.15. The zero-order valence-electron chi connectivity index (χ0n) is 21.3. The largest absolute Gasteiger partial charge is 0.313 e. The molecule has 0 saturated heterocycles. The Morgan fingerprint density at radius 2 is 1.68 bits per heavy atom. The molecule has 1 aliphatic heterocycles. The molecule has 0 spiro atoms. The number of thiophene rings is 1. The van der Waals surface area contributed by atoms with Crippen LogP contribution in [-0.4, -0.2) is 51.2 Å². The number of para-hydroxylation sites is 1. The lowest BCUT2D eigenvalue weighted by molar-refractivity contribution is -0.119. The number of hydrazine groups is 1. The Balaban J connectivity index is 1.57. The molecule has 2 aromatic carbocycles. The molecular weight excluding hydrogens is 526 g/mol. The van der Waals surface area contributed by atoms with Gasteiger partial charge in [-0.3, -0.25) is 34.4 Å². The Labute approximate surface area is 225 Å². The van der Waals surface area contributed by atoms with E-state index in [4.69, 9.17) is 0 Å². The van der Waals surface area contributed by atoms with Crippen molar-refractivity contribution in [3.05, 3.63) is 76.2 Å². The van der Waals surface area contributed by atoms with Crippen molar-refractivity contribution in [2.75, 3.05) is 29.8 Å². The van der Waals surface area contributed by atoms with E-state index in [0.717, 1.165) is 23.5 Å². The number of amides is 3. The molecule has 0 bridgehead atoms. The molecule has 0 radical (unpaired) electrons. The Morgan fingerprint density at radius 3 is 2.32 bits per heavy atom. The molecule has 0 atom stereocenters. The van der Waals surface area contributed by atoms with Crippen molar-refractivity contribution in [3.8, 4) is 0 Å². The third-order valence-electron chi connectivity index (χ3n) is 6.28. The SMILES string of the molecule is CCN1CCc2c(sc(NC(=O)c3ccc(S(=O)(=O)N(C)c4ccccc4)cc3)c2C(=O)NNC(C)=O)C1. The molecule has 1 aromatic heterocycles. The van der Waals surface area contributed by atoms with E-state index in [9.17, 15) is 22.8 Å². The van der Waals surface area contributed by atoms with E-state index in [-0.39, 0.29) is 10.5 Å². The number of hydrogen-bond acceptors (Lipinski definition) is 7. The van der Waals surface area contributed by atoms with Crippen LogP contribution in [0.15, 0.2) is 59.5 Å². The van der Waals surface area contributed by atoms with Gasteiger partial charge in [0.15, 0.2) is 0 Å². The van der Waals surface area contributed by atoms with Gasteiger partial charge in [-0.15, -0.1) is 11.3 Å². The second-order valence-corrected chi connectivity index (χ2v) is 11.8. The van der Waals surface area contributed by atoms with Gasteiger partial charge >= 0.3 is 0 Å². The lowest BCUT2D eigenvalue weighted by Gasteiger charge is -2.25. The predicted octanol–water partition coefficient (Wildman–Crippen LogP) is 2.98. The van der Waals surface area contributed by atoms with Crippen LogP contribution in [0.5, 0.6) is 0 Å². The summed E-state index contributed by atoms with van der Waals surface area (Å²) in [6.07, 6.45) is 0.639. The van der Waals surface area contributed by atoms with E-state index < -0.39 is 27.7 Å². The number of benzene rings is 2. The number of rotatable bonds is 7. The van der Waals surface area contributed by atoms with Gasteiger partial charge in [0.2, 0.25) is 5.91 Å². The number of carbonyl (C=O) groups excluding carboxylic acids is 3. The quantitative estimate of drug-likeness (QED) is 0.385. The van der Waals surface area contributed by atoms with Gasteiger partial charge in [0.25, 0.3) is 21.8 Å². The van der Waals surface area contributed by atoms with Crippen LogP contribution >= 0.6 is 11.3 Å². The van der Waals surface area contributed by atoms with E-state index in [2.05, 4.69) is 28.0 Å². The Bertz CT molecular complexity index is 1450. The zero-order chi connectivity index (χ0) is 27.4. The molecule has 0 aliphatic carbocycles. The van der Waals surface area contributed by atoms with Crippen LogP contribution in [0.25, 0.3) is 0 Å². The minimum atomic E-state index is -3.82. The van der Waals surface area contributed by atoms with Gasteiger partial charge in [-0.25, -0.2) is 8.42 Å². The van der Waals surface area contributed by atoms with Gasteiger partial charge in [0, 0.05) is 37.5 Å². The van der Waals surface area contributed by atoms with E-state index in [1.165, 1.54) is 53.9 Å². The molecule has 10 nitrogen and oxygen atoms in total. The van der Waals surface area contributed by atoms with Crippen molar-refractivity contribution >= 4 is 49.8 Å². The summed E-state index contributed by atoms with van der Waals surface area (Å²) < 4.78 is 27.3. The van der Waals surface area contributed by atoms with E-state index in [1.807, 2.05) is 0 Å². The number of nitrogens with zero attached hydrogens (tertiary/aromatic N) is 2. The van der Waals surface area contributed by atoms with Crippen LogP contribution in [0.2, 0.25) is 0 Å². The van der Waals surface area contributed by atoms with E-state index in [1.54, 1.807) is 30.3 Å². The van der Waals surface area contributed by atoms with Crippen LogP contribution in [0, 0.1) is 0 Å². The summed E-state index contributed by atoms with van der Waals surface area (Å²) >= 11 is 1.33. The number of hydrogen-bond donors (Lipinski definition) is 3. The van der Waals surface area contributed by atoms with Gasteiger partial charge in [0.1, 0.15) is 5.00 Å². The zero-order valence-corrected chi connectivity index (χ0v) is 22.9. The highest BCUT2D eigenvalue weighted by Crippen LogP contribution is 2.37. The Hall–Kier alpha value is -3.74. The van der Waals surface area contributed by atoms with Gasteiger partial charge in [0.05, 0.1) is 16.1 Å². The smallest absolute Gasteiger partial charge is 0.272 e. The summed E-state index contributed by atoms with van der Waals surface area (Å²) in [5.41, 5.74) is 6.62. The number of anilines is 2. The van der Waals surface area contributed by atoms with Crippen molar-refractivity contribution in [1.29, 1.82) is 0 Å².